The Hall–Kier alpha value is -2.76. The van der Waals surface area contributed by atoms with Gasteiger partial charge in [0.2, 0.25) is 5.76 Å². The maximum absolute atomic E-state index is 11.1. The zero-order valence-electron chi connectivity index (χ0n) is 11.1. The lowest BCUT2D eigenvalue weighted by Crippen LogP contribution is -2.32. The van der Waals surface area contributed by atoms with Crippen LogP contribution in [0.1, 0.15) is 16.1 Å². The highest BCUT2D eigenvalue weighted by Crippen LogP contribution is 2.33. The summed E-state index contributed by atoms with van der Waals surface area (Å²) in [4.78, 5) is 11.1. The van der Waals surface area contributed by atoms with Crippen molar-refractivity contribution in [3.05, 3.63) is 41.9 Å². The number of carboxylic acids is 1. The summed E-state index contributed by atoms with van der Waals surface area (Å²) in [6.45, 7) is 0.364. The van der Waals surface area contributed by atoms with E-state index in [1.807, 2.05) is 12.1 Å². The van der Waals surface area contributed by atoms with E-state index in [0.29, 0.717) is 24.3 Å². The molecule has 0 bridgehead atoms. The number of ether oxygens (including phenoxy) is 1. The fourth-order valence-corrected chi connectivity index (χ4v) is 2.44. The van der Waals surface area contributed by atoms with E-state index in [1.54, 1.807) is 12.1 Å². The molecule has 1 aliphatic rings. The first-order valence-corrected chi connectivity index (χ1v) is 6.47. The number of carboxylic acid groups (broad SMARTS) is 1. The lowest BCUT2D eigenvalue weighted by molar-refractivity contribution is 0.0663. The Morgan fingerprint density at radius 3 is 2.90 bits per heavy atom. The summed E-state index contributed by atoms with van der Waals surface area (Å²) in [5.74, 6) is -0.486. The molecule has 4 N–H and O–H groups in total. The quantitative estimate of drug-likeness (QED) is 0.591. The van der Waals surface area contributed by atoms with Crippen LogP contribution in [0.3, 0.4) is 0 Å². The van der Waals surface area contributed by atoms with Crippen LogP contribution >= 0.6 is 0 Å². The van der Waals surface area contributed by atoms with E-state index in [1.165, 1.54) is 6.26 Å². The molecule has 21 heavy (non-hydrogen) atoms. The summed E-state index contributed by atoms with van der Waals surface area (Å²) in [5, 5.41) is 16.6. The number of hydrogen-bond acceptors (Lipinski definition) is 4. The van der Waals surface area contributed by atoms with Crippen molar-refractivity contribution in [3.8, 4) is 16.9 Å². The Morgan fingerprint density at radius 1 is 1.38 bits per heavy atom. The Labute approximate surface area is 120 Å². The monoisotopic (exact) mass is 286 g/mol. The summed E-state index contributed by atoms with van der Waals surface area (Å²) in [6.07, 6.45) is 2.01. The van der Waals surface area contributed by atoms with Crippen molar-refractivity contribution in [2.75, 3.05) is 6.61 Å². The molecule has 0 saturated heterocycles. The third-order valence-corrected chi connectivity index (χ3v) is 3.58. The van der Waals surface area contributed by atoms with Crippen molar-refractivity contribution in [2.24, 2.45) is 11.7 Å². The number of benzene rings is 1. The number of fused-ring (bicyclic) bond motifs is 1. The molecule has 108 valence electrons. The number of carbonyl (C=O) groups is 1. The van der Waals surface area contributed by atoms with Crippen LogP contribution in [0.25, 0.3) is 11.1 Å². The van der Waals surface area contributed by atoms with Gasteiger partial charge in [0.15, 0.2) is 0 Å². The summed E-state index contributed by atoms with van der Waals surface area (Å²) in [5.41, 5.74) is 7.71. The number of hydrogen-bond donors (Lipinski definition) is 3. The van der Waals surface area contributed by atoms with Gasteiger partial charge in [-0.05, 0) is 29.7 Å². The van der Waals surface area contributed by atoms with Crippen molar-refractivity contribution in [1.82, 2.24) is 0 Å². The maximum atomic E-state index is 11.1. The molecule has 2 aromatic rings. The molecule has 0 amide bonds. The van der Waals surface area contributed by atoms with Crippen molar-refractivity contribution >= 4 is 11.8 Å². The van der Waals surface area contributed by atoms with Crippen LogP contribution in [0.15, 0.2) is 34.9 Å². The van der Waals surface area contributed by atoms with E-state index in [0.717, 1.165) is 11.1 Å². The minimum Gasteiger partial charge on any atom is -0.493 e. The molecule has 6 heteroatoms. The van der Waals surface area contributed by atoms with E-state index in [2.05, 4.69) is 0 Å². The van der Waals surface area contributed by atoms with E-state index < -0.39 is 5.97 Å². The molecule has 1 aromatic heterocycles. The van der Waals surface area contributed by atoms with Gasteiger partial charge < -0.3 is 20.0 Å². The number of furan rings is 1. The maximum Gasteiger partial charge on any atom is 0.372 e. The first-order valence-electron chi connectivity index (χ1n) is 6.47. The third kappa shape index (κ3) is 2.35. The number of nitrogens with two attached hydrogens (primary N) is 1. The fourth-order valence-electron chi connectivity index (χ4n) is 2.44. The topological polar surface area (TPSA) is 110 Å². The van der Waals surface area contributed by atoms with Crippen LogP contribution in [0.2, 0.25) is 0 Å². The Bertz CT molecular complexity index is 720. The van der Waals surface area contributed by atoms with Crippen LogP contribution in [0.5, 0.6) is 5.75 Å². The number of aromatic carboxylic acids is 1. The molecule has 0 fully saturated rings. The van der Waals surface area contributed by atoms with Crippen LogP contribution in [0.4, 0.5) is 0 Å². The van der Waals surface area contributed by atoms with Gasteiger partial charge in [0.05, 0.1) is 24.6 Å². The molecule has 0 spiro atoms. The molecule has 1 unspecified atom stereocenters. The minimum absolute atomic E-state index is 0.0904. The van der Waals surface area contributed by atoms with Crippen molar-refractivity contribution in [3.63, 3.8) is 0 Å². The molecule has 1 aliphatic heterocycles. The molecule has 6 nitrogen and oxygen atoms in total. The minimum atomic E-state index is -1.11. The number of amidine groups is 1. The normalized spacial score (nSPS) is 16.9. The van der Waals surface area contributed by atoms with Crippen molar-refractivity contribution in [2.45, 2.75) is 6.42 Å². The molecule has 0 saturated carbocycles. The van der Waals surface area contributed by atoms with E-state index in [4.69, 9.17) is 25.4 Å². The Kier molecular flexibility index (Phi) is 3.13. The van der Waals surface area contributed by atoms with Crippen LogP contribution in [0, 0.1) is 11.3 Å². The highest BCUT2D eigenvalue weighted by molar-refractivity contribution is 5.93. The summed E-state index contributed by atoms with van der Waals surface area (Å²) >= 11 is 0. The zero-order valence-corrected chi connectivity index (χ0v) is 11.1. The van der Waals surface area contributed by atoms with Crippen LogP contribution < -0.4 is 10.5 Å². The van der Waals surface area contributed by atoms with E-state index in [9.17, 15) is 4.79 Å². The molecular weight excluding hydrogens is 272 g/mol. The average molecular weight is 286 g/mol. The molecule has 3 rings (SSSR count). The number of rotatable bonds is 3. The van der Waals surface area contributed by atoms with E-state index >= 15 is 0 Å². The molecule has 2 heterocycles. The van der Waals surface area contributed by atoms with Gasteiger partial charge in [0.25, 0.3) is 0 Å². The molecule has 0 aliphatic carbocycles. The standard InChI is InChI=1S/C15H14N2O4/c16-14(17)10-5-9-2-1-8(6-12(9)21-7-10)11-3-4-20-13(11)15(18)19/h1-4,6,10H,5,7H2,(H3,16,17)(H,18,19). The molecular formula is C15H14N2O4. The van der Waals surface area contributed by atoms with Gasteiger partial charge >= 0.3 is 5.97 Å². The zero-order chi connectivity index (χ0) is 15.0. The summed E-state index contributed by atoms with van der Waals surface area (Å²) in [6, 6.07) is 7.11. The lowest BCUT2D eigenvalue weighted by Gasteiger charge is -2.24. The highest BCUT2D eigenvalue weighted by Gasteiger charge is 2.23. The predicted octanol–water partition coefficient (Wildman–Crippen LogP) is 2.13. The largest absolute Gasteiger partial charge is 0.493 e. The average Bonchev–Trinajstić information content (AvgIpc) is 2.95. The second kappa shape index (κ2) is 4.97. The molecule has 1 atom stereocenters. The molecule has 0 radical (unpaired) electrons. The molecule has 1 aromatic carbocycles. The predicted molar refractivity (Wildman–Crippen MR) is 75.7 cm³/mol. The first kappa shape index (κ1) is 13.2. The van der Waals surface area contributed by atoms with Gasteiger partial charge in [0, 0.05) is 5.56 Å². The third-order valence-electron chi connectivity index (χ3n) is 3.58. The van der Waals surface area contributed by atoms with Gasteiger partial charge in [0.1, 0.15) is 5.75 Å². The van der Waals surface area contributed by atoms with Crippen LogP contribution in [-0.4, -0.2) is 23.5 Å². The Balaban J connectivity index is 1.96. The van der Waals surface area contributed by atoms with Gasteiger partial charge in [-0.15, -0.1) is 0 Å². The van der Waals surface area contributed by atoms with Gasteiger partial charge in [-0.3, -0.25) is 5.41 Å². The van der Waals surface area contributed by atoms with E-state index in [-0.39, 0.29) is 17.5 Å². The van der Waals surface area contributed by atoms with Crippen molar-refractivity contribution in [1.29, 1.82) is 5.41 Å². The smallest absolute Gasteiger partial charge is 0.372 e. The second-order valence-corrected chi connectivity index (χ2v) is 4.96. The van der Waals surface area contributed by atoms with Crippen LogP contribution in [-0.2, 0) is 6.42 Å². The second-order valence-electron chi connectivity index (χ2n) is 4.96. The first-order chi connectivity index (χ1) is 10.1. The lowest BCUT2D eigenvalue weighted by atomic mass is 9.94. The van der Waals surface area contributed by atoms with Gasteiger partial charge in [-0.2, -0.15) is 0 Å². The summed E-state index contributed by atoms with van der Waals surface area (Å²) in [7, 11) is 0. The van der Waals surface area contributed by atoms with Gasteiger partial charge in [-0.1, -0.05) is 12.1 Å². The van der Waals surface area contributed by atoms with Gasteiger partial charge in [-0.25, -0.2) is 4.79 Å². The van der Waals surface area contributed by atoms with Crippen molar-refractivity contribution < 1.29 is 19.1 Å². The fraction of sp³-hybridized carbons (Fsp3) is 0.200. The highest BCUT2D eigenvalue weighted by atomic mass is 16.5. The SMILES string of the molecule is N=C(N)C1COc2cc(-c3ccoc3C(=O)O)ccc2C1. The summed E-state index contributed by atoms with van der Waals surface area (Å²) < 4.78 is 10.6. The number of nitrogens with one attached hydrogen (secondary N) is 1. The Morgan fingerprint density at radius 2 is 2.19 bits per heavy atom.